The number of nitrogens with one attached hydrogen (secondary N) is 2. The van der Waals surface area contributed by atoms with Crippen LogP contribution in [0.15, 0.2) is 21.7 Å². The summed E-state index contributed by atoms with van der Waals surface area (Å²) in [5.74, 6) is 2.89. The van der Waals surface area contributed by atoms with E-state index < -0.39 is 17.2 Å². The molecular weight excluding hydrogens is 440 g/mol. The monoisotopic (exact) mass is 464 g/mol. The Balaban J connectivity index is 1.72. The molecule has 12 nitrogen and oxygen atoms in total. The summed E-state index contributed by atoms with van der Waals surface area (Å²) in [6, 6.07) is 6.10. The fourth-order valence-electron chi connectivity index (χ4n) is 4.54. The molecule has 3 aromatic rings. The lowest BCUT2D eigenvalue weighted by molar-refractivity contribution is 0.0695. The van der Waals surface area contributed by atoms with Crippen molar-refractivity contribution in [2.45, 2.75) is 32.0 Å². The van der Waals surface area contributed by atoms with Crippen molar-refractivity contribution in [3.63, 3.8) is 0 Å². The molecule has 0 aromatic carbocycles. The fraction of sp³-hybridized carbons (Fsp3) is 0.409. The molecular formula is C22H24N8O4. The Bertz CT molecular complexity index is 1490. The number of aromatic carboxylic acids is 1. The first-order chi connectivity index (χ1) is 16.4. The third-order valence-electron chi connectivity index (χ3n) is 6.29. The summed E-state index contributed by atoms with van der Waals surface area (Å²) >= 11 is 0. The molecule has 176 valence electrons. The van der Waals surface area contributed by atoms with Gasteiger partial charge in [-0.25, -0.2) is 14.6 Å². The molecule has 1 saturated heterocycles. The zero-order chi connectivity index (χ0) is 24.0. The van der Waals surface area contributed by atoms with Gasteiger partial charge < -0.3 is 20.6 Å². The number of pyridine rings is 1. The molecule has 0 saturated carbocycles. The third kappa shape index (κ3) is 3.45. The minimum atomic E-state index is -1.19. The van der Waals surface area contributed by atoms with Crippen LogP contribution in [0.4, 0.5) is 11.8 Å². The van der Waals surface area contributed by atoms with E-state index in [1.165, 1.54) is 16.7 Å². The standard InChI is InChI=1S/C22H24N8O4/c1-23-16-7-6-14(20(32)33)15(25-16)12-30-19(31)17-18(27(2)22(30)34)26-21-28-9-3-5-13(11-28)24-8-4-10-29(17)21/h6-7,13,24H,3,5,9-12H2,1-2H3,(H,23,25)(H,32,33). The maximum Gasteiger partial charge on any atom is 0.337 e. The lowest BCUT2D eigenvalue weighted by Gasteiger charge is -2.32. The number of anilines is 2. The summed E-state index contributed by atoms with van der Waals surface area (Å²) in [6.07, 6.45) is 1.96. The third-order valence-corrected chi connectivity index (χ3v) is 6.29. The first-order valence-corrected chi connectivity index (χ1v) is 11.0. The maximum absolute atomic E-state index is 13.6. The molecule has 2 aliphatic rings. The molecule has 1 unspecified atom stereocenters. The quantitative estimate of drug-likeness (QED) is 0.441. The largest absolute Gasteiger partial charge is 0.478 e. The molecule has 0 amide bonds. The molecule has 0 radical (unpaired) electrons. The van der Waals surface area contributed by atoms with E-state index in [1.54, 1.807) is 18.7 Å². The molecule has 3 N–H and O–H groups in total. The number of rotatable bonds is 4. The van der Waals surface area contributed by atoms with E-state index >= 15 is 0 Å². The second-order valence-corrected chi connectivity index (χ2v) is 8.38. The van der Waals surface area contributed by atoms with E-state index in [2.05, 4.69) is 37.5 Å². The van der Waals surface area contributed by atoms with Gasteiger partial charge >= 0.3 is 11.7 Å². The number of hydrogen-bond donors (Lipinski definition) is 3. The van der Waals surface area contributed by atoms with Gasteiger partial charge in [-0.2, -0.15) is 4.98 Å². The maximum atomic E-state index is 13.6. The average molecular weight is 464 g/mol. The predicted molar refractivity (Wildman–Crippen MR) is 125 cm³/mol. The summed E-state index contributed by atoms with van der Waals surface area (Å²) in [6.45, 7) is 1.41. The minimum Gasteiger partial charge on any atom is -0.478 e. The second-order valence-electron chi connectivity index (χ2n) is 8.38. The van der Waals surface area contributed by atoms with Gasteiger partial charge in [0.05, 0.1) is 30.4 Å². The highest BCUT2D eigenvalue weighted by atomic mass is 16.4. The summed E-state index contributed by atoms with van der Waals surface area (Å²) in [4.78, 5) is 49.7. The van der Waals surface area contributed by atoms with Gasteiger partial charge in [0, 0.05) is 33.2 Å². The first kappa shape index (κ1) is 21.6. The van der Waals surface area contributed by atoms with E-state index in [-0.39, 0.29) is 41.6 Å². The number of nitrogens with zero attached hydrogens (tertiary/aromatic N) is 6. The highest BCUT2D eigenvalue weighted by Gasteiger charge is 2.28. The van der Waals surface area contributed by atoms with Crippen molar-refractivity contribution < 1.29 is 9.90 Å². The lowest BCUT2D eigenvalue weighted by atomic mass is 10.1. The molecule has 2 aliphatic heterocycles. The number of hydrogen-bond acceptors (Lipinski definition) is 8. The van der Waals surface area contributed by atoms with Gasteiger partial charge in [-0.15, -0.1) is 0 Å². The number of imidazole rings is 1. The normalized spacial score (nSPS) is 17.0. The van der Waals surface area contributed by atoms with Gasteiger partial charge in [-0.1, -0.05) is 5.92 Å². The van der Waals surface area contributed by atoms with E-state index in [4.69, 9.17) is 0 Å². The van der Waals surface area contributed by atoms with Crippen LogP contribution in [0.1, 0.15) is 28.9 Å². The highest BCUT2D eigenvalue weighted by Crippen LogP contribution is 2.24. The molecule has 5 heterocycles. The first-order valence-electron chi connectivity index (χ1n) is 11.0. The van der Waals surface area contributed by atoms with Crippen LogP contribution in [0.2, 0.25) is 0 Å². The van der Waals surface area contributed by atoms with Gasteiger partial charge in [-0.3, -0.25) is 18.5 Å². The van der Waals surface area contributed by atoms with Crippen molar-refractivity contribution in [1.29, 1.82) is 0 Å². The molecule has 5 rings (SSSR count). The lowest BCUT2D eigenvalue weighted by Crippen LogP contribution is -2.45. The Kier molecular flexibility index (Phi) is 5.24. The minimum absolute atomic E-state index is 0.0792. The smallest absolute Gasteiger partial charge is 0.337 e. The number of fused-ring (bicyclic) bond motifs is 6. The average Bonchev–Trinajstić information content (AvgIpc) is 3.24. The van der Waals surface area contributed by atoms with Crippen LogP contribution in [-0.4, -0.2) is 60.9 Å². The van der Waals surface area contributed by atoms with E-state index in [9.17, 15) is 19.5 Å². The Morgan fingerprint density at radius 3 is 2.91 bits per heavy atom. The molecule has 34 heavy (non-hydrogen) atoms. The van der Waals surface area contributed by atoms with Crippen LogP contribution in [0, 0.1) is 12.0 Å². The molecule has 1 atom stereocenters. The Morgan fingerprint density at radius 2 is 2.15 bits per heavy atom. The zero-order valence-electron chi connectivity index (χ0n) is 18.8. The van der Waals surface area contributed by atoms with Crippen molar-refractivity contribution in [2.24, 2.45) is 7.05 Å². The van der Waals surface area contributed by atoms with Crippen LogP contribution in [0.3, 0.4) is 0 Å². The molecule has 2 bridgehead atoms. The summed E-state index contributed by atoms with van der Waals surface area (Å²) in [5.41, 5.74) is -0.619. The molecule has 0 spiro atoms. The summed E-state index contributed by atoms with van der Waals surface area (Å²) in [5, 5.41) is 15.7. The van der Waals surface area contributed by atoms with Crippen molar-refractivity contribution in [3.05, 3.63) is 44.2 Å². The van der Waals surface area contributed by atoms with Crippen LogP contribution >= 0.6 is 0 Å². The number of carbonyl (C=O) groups is 1. The van der Waals surface area contributed by atoms with Crippen LogP contribution < -0.4 is 26.8 Å². The van der Waals surface area contributed by atoms with Crippen LogP contribution in [0.5, 0.6) is 0 Å². The topological polar surface area (TPSA) is 139 Å². The molecule has 12 heteroatoms. The van der Waals surface area contributed by atoms with Gasteiger partial charge in [-0.05, 0) is 25.0 Å². The van der Waals surface area contributed by atoms with E-state index in [0.29, 0.717) is 18.3 Å². The van der Waals surface area contributed by atoms with Crippen molar-refractivity contribution >= 4 is 28.9 Å². The summed E-state index contributed by atoms with van der Waals surface area (Å²) in [7, 11) is 3.20. The van der Waals surface area contributed by atoms with Crippen molar-refractivity contribution in [2.75, 3.05) is 30.4 Å². The van der Waals surface area contributed by atoms with Gasteiger partial charge in [0.1, 0.15) is 5.82 Å². The highest BCUT2D eigenvalue weighted by molar-refractivity contribution is 5.89. The molecule has 0 aliphatic carbocycles. The number of carboxylic acid groups (broad SMARTS) is 1. The number of piperidine rings is 1. The van der Waals surface area contributed by atoms with Gasteiger partial charge in [0.25, 0.3) is 5.56 Å². The van der Waals surface area contributed by atoms with Gasteiger partial charge in [0.15, 0.2) is 11.2 Å². The Morgan fingerprint density at radius 1 is 1.32 bits per heavy atom. The van der Waals surface area contributed by atoms with Gasteiger partial charge in [0.2, 0.25) is 5.95 Å². The zero-order valence-corrected chi connectivity index (χ0v) is 18.8. The molecule has 1 fully saturated rings. The SMILES string of the molecule is CNc1ccc(C(=O)O)c(Cn2c(=O)c3c(nc4n3CC#CNC3CCCN4C3)n(C)c2=O)n1. The Labute approximate surface area is 193 Å². The van der Waals surface area contributed by atoms with Crippen LogP contribution in [0.25, 0.3) is 11.2 Å². The summed E-state index contributed by atoms with van der Waals surface area (Å²) < 4.78 is 4.06. The Hall–Kier alpha value is -4.27. The van der Waals surface area contributed by atoms with Crippen molar-refractivity contribution in [1.82, 2.24) is 29.0 Å². The number of carboxylic acids is 1. The number of aryl methyl sites for hydroxylation is 1. The van der Waals surface area contributed by atoms with Crippen molar-refractivity contribution in [3.8, 4) is 12.0 Å². The fourth-order valence-corrected chi connectivity index (χ4v) is 4.54. The van der Waals surface area contributed by atoms with E-state index in [0.717, 1.165) is 24.0 Å². The predicted octanol–water partition coefficient (Wildman–Crippen LogP) is -0.387. The number of aromatic nitrogens is 5. The van der Waals surface area contributed by atoms with Crippen LogP contribution in [-0.2, 0) is 20.1 Å². The molecule has 3 aromatic heterocycles. The second kappa shape index (κ2) is 8.26. The van der Waals surface area contributed by atoms with E-state index in [1.807, 2.05) is 0 Å².